The zero-order valence-corrected chi connectivity index (χ0v) is 25.0. The third-order valence-corrected chi connectivity index (χ3v) is 9.39. The molecule has 4 aromatic carbocycles. The smallest absolute Gasteiger partial charge is 0.0763 e. The molecule has 218 valence electrons. The quantitative estimate of drug-likeness (QED) is 0.187. The Morgan fingerprint density at radius 2 is 0.857 bits per heavy atom. The van der Waals surface area contributed by atoms with E-state index < -0.39 is 0 Å². The minimum Gasteiger partial charge on any atom is -0.372 e. The van der Waals surface area contributed by atoms with Crippen LogP contribution in [0, 0.1) is 0 Å². The zero-order chi connectivity index (χ0) is 28.7. The molecule has 42 heavy (non-hydrogen) atoms. The molecule has 0 saturated carbocycles. The highest BCUT2D eigenvalue weighted by atomic mass is 16.5. The van der Waals surface area contributed by atoms with Crippen molar-refractivity contribution in [1.29, 1.82) is 0 Å². The number of likely N-dealkylation sites (tertiary alicyclic amines) is 2. The summed E-state index contributed by atoms with van der Waals surface area (Å²) in [5.41, 5.74) is 5.16. The normalized spacial score (nSPS) is 24.5. The lowest BCUT2D eigenvalue weighted by Gasteiger charge is -2.44. The topological polar surface area (TPSA) is 24.9 Å². The van der Waals surface area contributed by atoms with Crippen molar-refractivity contribution in [2.75, 3.05) is 13.1 Å². The zero-order valence-electron chi connectivity index (χ0n) is 25.0. The predicted molar refractivity (Wildman–Crippen MR) is 170 cm³/mol. The second-order valence-electron chi connectivity index (χ2n) is 11.9. The summed E-state index contributed by atoms with van der Waals surface area (Å²) >= 11 is 0. The first-order valence-corrected chi connectivity index (χ1v) is 15.6. The van der Waals surface area contributed by atoms with Gasteiger partial charge in [0.2, 0.25) is 0 Å². The Morgan fingerprint density at radius 1 is 0.524 bits per heavy atom. The Morgan fingerprint density at radius 3 is 1.21 bits per heavy atom. The molecule has 0 spiro atoms. The second-order valence-corrected chi connectivity index (χ2v) is 11.9. The van der Waals surface area contributed by atoms with E-state index in [4.69, 9.17) is 9.47 Å². The Kier molecular flexibility index (Phi) is 9.47. The molecular weight excluding hydrogens is 516 g/mol. The summed E-state index contributed by atoms with van der Waals surface area (Å²) in [5.74, 6) is 0. The Hall–Kier alpha value is -3.28. The molecule has 2 heterocycles. The van der Waals surface area contributed by atoms with Crippen molar-refractivity contribution >= 4 is 0 Å². The molecule has 2 fully saturated rings. The largest absolute Gasteiger partial charge is 0.372 e. The summed E-state index contributed by atoms with van der Waals surface area (Å²) < 4.78 is 13.7. The van der Waals surface area contributed by atoms with E-state index in [0.717, 1.165) is 25.9 Å². The van der Waals surface area contributed by atoms with E-state index in [2.05, 4.69) is 145 Å². The highest BCUT2D eigenvalue weighted by molar-refractivity contribution is 5.23. The number of benzene rings is 4. The van der Waals surface area contributed by atoms with Crippen LogP contribution in [0.5, 0.6) is 0 Å². The second kappa shape index (κ2) is 13.8. The fourth-order valence-corrected chi connectivity index (χ4v) is 7.12. The first kappa shape index (κ1) is 28.8. The van der Waals surface area contributed by atoms with E-state index in [1.807, 2.05) is 0 Å². The molecule has 2 aliphatic rings. The van der Waals surface area contributed by atoms with Crippen LogP contribution in [0.15, 0.2) is 121 Å². The van der Waals surface area contributed by atoms with Crippen LogP contribution in [-0.4, -0.2) is 47.2 Å². The van der Waals surface area contributed by atoms with Crippen LogP contribution >= 0.6 is 0 Å². The molecule has 0 aromatic heterocycles. The molecule has 4 heteroatoms. The van der Waals surface area contributed by atoms with E-state index in [1.165, 1.54) is 22.3 Å². The van der Waals surface area contributed by atoms with Crippen LogP contribution in [-0.2, 0) is 22.7 Å². The maximum atomic E-state index is 6.85. The van der Waals surface area contributed by atoms with E-state index in [1.54, 1.807) is 0 Å². The first-order valence-electron chi connectivity index (χ1n) is 15.6. The third kappa shape index (κ3) is 6.53. The van der Waals surface area contributed by atoms with Gasteiger partial charge in [-0.25, -0.2) is 0 Å². The molecule has 0 unspecified atom stereocenters. The van der Waals surface area contributed by atoms with Crippen molar-refractivity contribution in [2.45, 2.75) is 76.3 Å². The third-order valence-electron chi connectivity index (χ3n) is 9.39. The summed E-state index contributed by atoms with van der Waals surface area (Å²) in [6.45, 7) is 8.01. The first-order chi connectivity index (χ1) is 20.7. The Labute approximate surface area is 251 Å². The molecule has 6 rings (SSSR count). The molecule has 4 aromatic rings. The predicted octanol–water partition coefficient (Wildman–Crippen LogP) is 7.83. The lowest BCUT2D eigenvalue weighted by molar-refractivity contribution is -0.0655. The minimum atomic E-state index is 0.118. The molecule has 0 bridgehead atoms. The van der Waals surface area contributed by atoms with Gasteiger partial charge in [-0.1, -0.05) is 121 Å². The fourth-order valence-electron chi connectivity index (χ4n) is 7.12. The van der Waals surface area contributed by atoms with Gasteiger partial charge in [0.15, 0.2) is 0 Å². The summed E-state index contributed by atoms with van der Waals surface area (Å²) in [7, 11) is 0. The maximum Gasteiger partial charge on any atom is 0.0763 e. The molecule has 0 aliphatic carbocycles. The van der Waals surface area contributed by atoms with E-state index in [-0.39, 0.29) is 36.4 Å². The van der Waals surface area contributed by atoms with E-state index >= 15 is 0 Å². The monoisotopic (exact) mass is 560 g/mol. The van der Waals surface area contributed by atoms with Gasteiger partial charge < -0.3 is 9.47 Å². The lowest BCUT2D eigenvalue weighted by atomic mass is 9.94. The Bertz CT molecular complexity index is 1240. The molecule has 6 atom stereocenters. The van der Waals surface area contributed by atoms with Crippen molar-refractivity contribution in [3.8, 4) is 0 Å². The van der Waals surface area contributed by atoms with Crippen LogP contribution < -0.4 is 0 Å². The molecule has 0 amide bonds. The Balaban J connectivity index is 1.34. The molecule has 2 aliphatic heterocycles. The van der Waals surface area contributed by atoms with Crippen molar-refractivity contribution in [2.24, 2.45) is 0 Å². The van der Waals surface area contributed by atoms with Crippen molar-refractivity contribution in [3.63, 3.8) is 0 Å². The highest BCUT2D eigenvalue weighted by Gasteiger charge is 2.51. The summed E-state index contributed by atoms with van der Waals surface area (Å²) in [6, 6.07) is 44.1. The SMILES string of the molecule is C[C@@H](c1ccccc1)N1CC[C@H](OCc2ccccc2)[C@@H]1[C@H]1[C@H](OCc2ccccc2)CCN1[C@@H](C)c1ccccc1. The minimum absolute atomic E-state index is 0.118. The van der Waals surface area contributed by atoms with Gasteiger partial charge in [0.1, 0.15) is 0 Å². The van der Waals surface area contributed by atoms with Crippen LogP contribution in [0.1, 0.15) is 61.0 Å². The van der Waals surface area contributed by atoms with Gasteiger partial charge in [-0.05, 0) is 48.9 Å². The van der Waals surface area contributed by atoms with Gasteiger partial charge >= 0.3 is 0 Å². The fraction of sp³-hybridized carbons (Fsp3) is 0.368. The number of ether oxygens (including phenoxy) is 2. The van der Waals surface area contributed by atoms with Crippen LogP contribution in [0.25, 0.3) is 0 Å². The van der Waals surface area contributed by atoms with Crippen molar-refractivity contribution in [3.05, 3.63) is 144 Å². The lowest BCUT2D eigenvalue weighted by Crippen LogP contribution is -2.56. The van der Waals surface area contributed by atoms with Gasteiger partial charge in [-0.3, -0.25) is 9.80 Å². The van der Waals surface area contributed by atoms with Crippen molar-refractivity contribution in [1.82, 2.24) is 9.80 Å². The van der Waals surface area contributed by atoms with Crippen LogP contribution in [0.4, 0.5) is 0 Å². The molecule has 0 radical (unpaired) electrons. The average molecular weight is 561 g/mol. The standard InChI is InChI=1S/C38H44N2O2/c1-29(33-19-11-5-12-20-33)39-25-23-35(41-27-31-15-7-3-8-16-31)37(39)38-36(42-28-32-17-9-4-10-18-32)24-26-40(38)30(2)34-21-13-6-14-22-34/h3-22,29-30,35-38H,23-28H2,1-2H3/t29-,30-,35-,36+,37+,38+/m0/s1. The molecule has 0 N–H and O–H groups in total. The van der Waals surface area contributed by atoms with Gasteiger partial charge in [0, 0.05) is 25.2 Å². The number of hydrogen-bond donors (Lipinski definition) is 0. The molecule has 4 nitrogen and oxygen atoms in total. The molecular formula is C38H44N2O2. The number of rotatable bonds is 11. The van der Waals surface area contributed by atoms with Crippen LogP contribution in [0.3, 0.4) is 0 Å². The summed E-state index contributed by atoms with van der Waals surface area (Å²) in [5, 5.41) is 0. The summed E-state index contributed by atoms with van der Waals surface area (Å²) in [4.78, 5) is 5.43. The van der Waals surface area contributed by atoms with E-state index in [9.17, 15) is 0 Å². The number of nitrogens with zero attached hydrogens (tertiary/aromatic N) is 2. The van der Waals surface area contributed by atoms with Crippen LogP contribution in [0.2, 0.25) is 0 Å². The van der Waals surface area contributed by atoms with Gasteiger partial charge in [-0.15, -0.1) is 0 Å². The highest BCUT2D eigenvalue weighted by Crippen LogP contribution is 2.41. The molecule has 2 saturated heterocycles. The maximum absolute atomic E-state index is 6.85. The average Bonchev–Trinajstić information content (AvgIpc) is 3.67. The van der Waals surface area contributed by atoms with Gasteiger partial charge in [0.05, 0.1) is 37.5 Å². The van der Waals surface area contributed by atoms with Crippen molar-refractivity contribution < 1.29 is 9.47 Å². The number of hydrogen-bond acceptors (Lipinski definition) is 4. The van der Waals surface area contributed by atoms with E-state index in [0.29, 0.717) is 13.2 Å². The summed E-state index contributed by atoms with van der Waals surface area (Å²) in [6.07, 6.45) is 2.27. The van der Waals surface area contributed by atoms with Gasteiger partial charge in [-0.2, -0.15) is 0 Å². The van der Waals surface area contributed by atoms with Gasteiger partial charge in [0.25, 0.3) is 0 Å².